The fraction of sp³-hybridized carbons (Fsp3) is 0.545. The van der Waals surface area contributed by atoms with Crippen LogP contribution < -0.4 is 17.0 Å². The first-order valence-electron chi connectivity index (χ1n) is 12.8. The van der Waals surface area contributed by atoms with E-state index < -0.39 is 43.0 Å². The summed E-state index contributed by atoms with van der Waals surface area (Å²) in [5.41, 5.74) is 11.9. The second-order valence-corrected chi connectivity index (χ2v) is 13.1. The SMILES string of the molecule is CC1CCC2C(COP(O)(=S)O[C@H](C(O)n3cnc4c(=O)[nH]c(N)nc43)C1)OC(n1cnc3c(N)ncnc31)C2O. The van der Waals surface area contributed by atoms with Crippen LogP contribution in [0.15, 0.2) is 23.8 Å². The van der Waals surface area contributed by atoms with Crippen LogP contribution in [0.3, 0.4) is 0 Å². The maximum absolute atomic E-state index is 12.2. The van der Waals surface area contributed by atoms with Crippen LogP contribution in [0.1, 0.15) is 38.6 Å². The predicted octanol–water partition coefficient (Wildman–Crippen LogP) is -0.0721. The summed E-state index contributed by atoms with van der Waals surface area (Å²) in [5, 5.41) is 22.6. The number of aromatic nitrogens is 8. The summed E-state index contributed by atoms with van der Waals surface area (Å²) >= 11 is 5.30. The highest BCUT2D eigenvalue weighted by molar-refractivity contribution is 8.07. The first-order chi connectivity index (χ1) is 19.5. The van der Waals surface area contributed by atoms with E-state index in [0.29, 0.717) is 24.0 Å². The number of imidazole rings is 2. The molecule has 0 spiro atoms. The number of H-pyrrole nitrogens is 1. The number of nitrogens with two attached hydrogens (primary N) is 2. The van der Waals surface area contributed by atoms with Crippen LogP contribution in [0.4, 0.5) is 11.8 Å². The van der Waals surface area contributed by atoms with E-state index >= 15 is 0 Å². The van der Waals surface area contributed by atoms with Gasteiger partial charge in [-0.05, 0) is 30.6 Å². The molecule has 17 nitrogen and oxygen atoms in total. The second kappa shape index (κ2) is 10.6. The first kappa shape index (κ1) is 28.0. The average molecular weight is 609 g/mol. The van der Waals surface area contributed by atoms with Gasteiger partial charge in [0.2, 0.25) is 5.95 Å². The molecule has 2 aliphatic rings. The number of nitrogens with one attached hydrogen (secondary N) is 1. The number of aliphatic hydroxyl groups excluding tert-OH is 2. The minimum atomic E-state index is -3.93. The van der Waals surface area contributed by atoms with Crippen molar-refractivity contribution < 1.29 is 28.9 Å². The molecular formula is C22H29N10O7PS. The molecule has 2 saturated heterocycles. The number of nitrogens with zero attached hydrogens (tertiary/aromatic N) is 7. The lowest BCUT2D eigenvalue weighted by Crippen LogP contribution is -2.29. The topological polar surface area (TPSA) is 248 Å². The Bertz CT molecular complexity index is 1700. The molecular weight excluding hydrogens is 579 g/mol. The Morgan fingerprint density at radius 2 is 1.95 bits per heavy atom. The average Bonchev–Trinajstić information content (AvgIpc) is 3.61. The summed E-state index contributed by atoms with van der Waals surface area (Å²) in [6.45, 7) is -2.15. The summed E-state index contributed by atoms with van der Waals surface area (Å²) in [7, 11) is 0. The smallest absolute Gasteiger partial charge is 0.325 e. The van der Waals surface area contributed by atoms with Gasteiger partial charge >= 0.3 is 6.72 Å². The molecule has 19 heteroatoms. The van der Waals surface area contributed by atoms with Crippen molar-refractivity contribution in [2.75, 3.05) is 18.1 Å². The number of ether oxygens (including phenoxy) is 1. The van der Waals surface area contributed by atoms with Crippen LogP contribution >= 0.6 is 6.72 Å². The van der Waals surface area contributed by atoms with Gasteiger partial charge in [-0.2, -0.15) is 4.98 Å². The highest BCUT2D eigenvalue weighted by Crippen LogP contribution is 2.50. The Balaban J connectivity index is 1.25. The molecule has 2 aliphatic heterocycles. The molecule has 8 atom stereocenters. The monoisotopic (exact) mass is 608 g/mol. The molecule has 41 heavy (non-hydrogen) atoms. The van der Waals surface area contributed by atoms with Crippen LogP contribution in [-0.4, -0.2) is 79.1 Å². The second-order valence-electron chi connectivity index (χ2n) is 10.3. The maximum Gasteiger partial charge on any atom is 0.325 e. The number of hydrogen-bond acceptors (Lipinski definition) is 14. The summed E-state index contributed by atoms with van der Waals surface area (Å²) < 4.78 is 20.6. The normalized spacial score (nSPS) is 32.1. The van der Waals surface area contributed by atoms with Crippen molar-refractivity contribution in [1.29, 1.82) is 0 Å². The van der Waals surface area contributed by atoms with Gasteiger partial charge in [0.1, 0.15) is 24.1 Å². The zero-order valence-electron chi connectivity index (χ0n) is 21.7. The van der Waals surface area contributed by atoms with Crippen LogP contribution in [0.25, 0.3) is 22.3 Å². The van der Waals surface area contributed by atoms with Crippen molar-refractivity contribution in [2.45, 2.75) is 57.0 Å². The fourth-order valence-electron chi connectivity index (χ4n) is 5.49. The third-order valence-electron chi connectivity index (χ3n) is 7.55. The molecule has 0 bridgehead atoms. The van der Waals surface area contributed by atoms with Crippen LogP contribution in [0, 0.1) is 11.8 Å². The summed E-state index contributed by atoms with van der Waals surface area (Å²) in [6, 6.07) is 0. The van der Waals surface area contributed by atoms with Gasteiger partial charge in [-0.25, -0.2) is 19.9 Å². The number of anilines is 2. The van der Waals surface area contributed by atoms with E-state index in [1.165, 1.54) is 23.5 Å². The number of aromatic amines is 1. The minimum Gasteiger partial charge on any atom is -0.388 e. The lowest BCUT2D eigenvalue weighted by Gasteiger charge is -2.29. The number of hydrogen-bond donors (Lipinski definition) is 6. The quantitative estimate of drug-likeness (QED) is 0.167. The molecule has 4 aromatic heterocycles. The van der Waals surface area contributed by atoms with Gasteiger partial charge in [-0.1, -0.05) is 13.3 Å². The molecule has 0 amide bonds. The summed E-state index contributed by atoms with van der Waals surface area (Å²) in [6.07, 6.45) is 0.526. The largest absolute Gasteiger partial charge is 0.388 e. The van der Waals surface area contributed by atoms with Crippen LogP contribution in [0.5, 0.6) is 0 Å². The Kier molecular flexibility index (Phi) is 7.27. The summed E-state index contributed by atoms with van der Waals surface area (Å²) in [5.74, 6) is -0.385. The maximum atomic E-state index is 12.2. The highest BCUT2D eigenvalue weighted by atomic mass is 32.5. The van der Waals surface area contributed by atoms with Gasteiger partial charge in [-0.15, -0.1) is 0 Å². The zero-order valence-corrected chi connectivity index (χ0v) is 23.4. The molecule has 6 heterocycles. The number of nitrogen functional groups attached to an aromatic ring is 2. The Morgan fingerprint density at radius 3 is 2.76 bits per heavy atom. The Morgan fingerprint density at radius 1 is 1.17 bits per heavy atom. The molecule has 6 rings (SSSR count). The third-order valence-corrected chi connectivity index (χ3v) is 9.14. The summed E-state index contributed by atoms with van der Waals surface area (Å²) in [4.78, 5) is 46.1. The van der Waals surface area contributed by atoms with E-state index in [9.17, 15) is 19.9 Å². The van der Waals surface area contributed by atoms with Gasteiger partial charge in [0.25, 0.3) is 5.56 Å². The lowest BCUT2D eigenvalue weighted by molar-refractivity contribution is -0.0543. The zero-order chi connectivity index (χ0) is 29.1. The van der Waals surface area contributed by atoms with Gasteiger partial charge in [0.15, 0.2) is 35.1 Å². The van der Waals surface area contributed by atoms with Crippen molar-refractivity contribution in [2.24, 2.45) is 11.8 Å². The van der Waals surface area contributed by atoms with E-state index in [2.05, 4.69) is 29.9 Å². The molecule has 0 aliphatic carbocycles. The Labute approximate surface area is 236 Å². The molecule has 8 N–H and O–H groups in total. The van der Waals surface area contributed by atoms with E-state index in [-0.39, 0.29) is 47.8 Å². The molecule has 4 aromatic rings. The van der Waals surface area contributed by atoms with E-state index in [1.54, 1.807) is 4.57 Å². The molecule has 2 fully saturated rings. The molecule has 7 unspecified atom stereocenters. The van der Waals surface area contributed by atoms with Crippen molar-refractivity contribution in [3.05, 3.63) is 29.3 Å². The molecule has 0 aromatic carbocycles. The third kappa shape index (κ3) is 5.21. The standard InChI is InChI=1S/C22H29N10O7PS/c1-9-2-3-10-12(38-21(15(10)33)32-8-27-13-16(23)25-6-26-17(13)32)5-37-40(36,41)39-11(4-9)20(35)31-7-28-14-18(31)29-22(24)30-19(14)34/h6-12,15,20-21,33,35H,2-5H2,1H3,(H,36,41)(H2,23,25,26)(H3,24,29,30,34)/t9?,10?,11-,12?,15?,20?,21?,40?/m0/s1. The molecule has 0 saturated carbocycles. The van der Waals surface area contributed by atoms with Gasteiger partial charge in [0, 0.05) is 5.92 Å². The lowest BCUT2D eigenvalue weighted by atomic mass is 9.87. The predicted molar refractivity (Wildman–Crippen MR) is 147 cm³/mol. The number of aliphatic hydroxyl groups is 2. The van der Waals surface area contributed by atoms with E-state index in [1.807, 2.05) is 6.92 Å². The van der Waals surface area contributed by atoms with E-state index in [0.717, 1.165) is 0 Å². The van der Waals surface area contributed by atoms with Gasteiger partial charge < -0.3 is 40.4 Å². The van der Waals surface area contributed by atoms with Crippen molar-refractivity contribution in [3.8, 4) is 0 Å². The Hall–Kier alpha value is -3.09. The fourth-order valence-corrected chi connectivity index (χ4v) is 6.94. The van der Waals surface area contributed by atoms with E-state index in [4.69, 9.17) is 37.1 Å². The highest BCUT2D eigenvalue weighted by Gasteiger charge is 2.46. The molecule has 0 radical (unpaired) electrons. The van der Waals surface area contributed by atoms with Gasteiger partial charge in [0.05, 0.1) is 25.4 Å². The van der Waals surface area contributed by atoms with Gasteiger partial charge in [-0.3, -0.25) is 18.9 Å². The number of fused-ring (bicyclic) bond motifs is 3. The van der Waals surface area contributed by atoms with Crippen LogP contribution in [-0.2, 0) is 25.6 Å². The first-order valence-corrected chi connectivity index (χ1v) is 15.4. The van der Waals surface area contributed by atoms with Crippen molar-refractivity contribution in [1.82, 2.24) is 39.0 Å². The molecule has 220 valence electrons. The van der Waals surface area contributed by atoms with Crippen LogP contribution in [0.2, 0.25) is 0 Å². The number of rotatable bonds is 3. The van der Waals surface area contributed by atoms with Crippen molar-refractivity contribution in [3.63, 3.8) is 0 Å². The van der Waals surface area contributed by atoms with Crippen molar-refractivity contribution >= 4 is 52.6 Å². The minimum absolute atomic E-state index is 0.0176.